The zero-order chi connectivity index (χ0) is 9.97. The van der Waals surface area contributed by atoms with Gasteiger partial charge in [0.05, 0.1) is 12.1 Å². The van der Waals surface area contributed by atoms with Gasteiger partial charge in [0.15, 0.2) is 0 Å². The molecule has 0 radical (unpaired) electrons. The van der Waals surface area contributed by atoms with Gasteiger partial charge in [-0.1, -0.05) is 0 Å². The molecule has 2 aromatic heterocycles. The topological polar surface area (TPSA) is 64.1 Å². The van der Waals surface area contributed by atoms with Crippen LogP contribution in [0.1, 0.15) is 11.7 Å². The van der Waals surface area contributed by atoms with E-state index in [9.17, 15) is 0 Å². The maximum atomic E-state index is 5.38. The molecule has 0 aliphatic carbocycles. The Kier molecular flexibility index (Phi) is 2.32. The van der Waals surface area contributed by atoms with E-state index >= 15 is 0 Å². The van der Waals surface area contributed by atoms with Crippen molar-refractivity contribution in [2.75, 3.05) is 7.05 Å². The van der Waals surface area contributed by atoms with Gasteiger partial charge in [-0.05, 0) is 20.0 Å². The Morgan fingerprint density at radius 3 is 2.93 bits per heavy atom. The third-order valence-electron chi connectivity index (χ3n) is 1.77. The molecule has 2 rings (SSSR count). The van der Waals surface area contributed by atoms with Crippen molar-refractivity contribution in [3.05, 3.63) is 24.0 Å². The number of nitrogens with one attached hydrogen (secondary N) is 1. The lowest BCUT2D eigenvalue weighted by Crippen LogP contribution is -2.04. The molecule has 0 amide bonds. The van der Waals surface area contributed by atoms with E-state index in [4.69, 9.17) is 8.83 Å². The van der Waals surface area contributed by atoms with E-state index < -0.39 is 0 Å². The SMILES string of the molecule is CNCc1nnc(-c2coc(C)c2)o1. The number of aromatic nitrogens is 2. The second-order valence-corrected chi connectivity index (χ2v) is 2.98. The molecule has 2 aromatic rings. The zero-order valence-corrected chi connectivity index (χ0v) is 8.07. The minimum absolute atomic E-state index is 0.493. The molecule has 0 aliphatic rings. The molecule has 0 unspecified atom stereocenters. The quantitative estimate of drug-likeness (QED) is 0.797. The Bertz CT molecular complexity index is 419. The molecular weight excluding hydrogens is 182 g/mol. The highest BCUT2D eigenvalue weighted by molar-refractivity contribution is 5.50. The molecule has 0 atom stereocenters. The van der Waals surface area contributed by atoms with Crippen LogP contribution in [0.15, 0.2) is 21.2 Å². The summed E-state index contributed by atoms with van der Waals surface area (Å²) >= 11 is 0. The van der Waals surface area contributed by atoms with E-state index in [0.717, 1.165) is 11.3 Å². The van der Waals surface area contributed by atoms with E-state index in [0.29, 0.717) is 18.3 Å². The highest BCUT2D eigenvalue weighted by Crippen LogP contribution is 2.19. The Hall–Kier alpha value is -1.62. The Balaban J connectivity index is 2.24. The van der Waals surface area contributed by atoms with Crippen LogP contribution in [0, 0.1) is 6.92 Å². The van der Waals surface area contributed by atoms with Gasteiger partial charge in [0.25, 0.3) is 5.89 Å². The summed E-state index contributed by atoms with van der Waals surface area (Å²) in [5.74, 6) is 1.89. The average molecular weight is 193 g/mol. The first-order valence-corrected chi connectivity index (χ1v) is 4.32. The first-order valence-electron chi connectivity index (χ1n) is 4.32. The van der Waals surface area contributed by atoms with Gasteiger partial charge in [-0.15, -0.1) is 10.2 Å². The molecule has 0 bridgehead atoms. The third-order valence-corrected chi connectivity index (χ3v) is 1.77. The zero-order valence-electron chi connectivity index (χ0n) is 8.07. The van der Waals surface area contributed by atoms with E-state index in [1.807, 2.05) is 20.0 Å². The number of nitrogens with zero attached hydrogens (tertiary/aromatic N) is 2. The molecule has 0 spiro atoms. The smallest absolute Gasteiger partial charge is 0.251 e. The lowest BCUT2D eigenvalue weighted by molar-refractivity contribution is 0.488. The van der Waals surface area contributed by atoms with Crippen LogP contribution in [0.25, 0.3) is 11.5 Å². The Morgan fingerprint density at radius 2 is 2.29 bits per heavy atom. The van der Waals surface area contributed by atoms with Crippen LogP contribution in [0.3, 0.4) is 0 Å². The second-order valence-electron chi connectivity index (χ2n) is 2.98. The number of hydrogen-bond acceptors (Lipinski definition) is 5. The normalized spacial score (nSPS) is 10.7. The van der Waals surface area contributed by atoms with E-state index in [-0.39, 0.29) is 0 Å². The first kappa shape index (κ1) is 8.96. The lowest BCUT2D eigenvalue weighted by Gasteiger charge is -1.88. The van der Waals surface area contributed by atoms with Crippen molar-refractivity contribution in [2.24, 2.45) is 0 Å². The first-order chi connectivity index (χ1) is 6.79. The molecule has 2 heterocycles. The van der Waals surface area contributed by atoms with Gasteiger partial charge in [-0.3, -0.25) is 0 Å². The average Bonchev–Trinajstić information content (AvgIpc) is 2.74. The molecule has 0 aromatic carbocycles. The minimum atomic E-state index is 0.493. The third kappa shape index (κ3) is 1.67. The summed E-state index contributed by atoms with van der Waals surface area (Å²) in [4.78, 5) is 0. The molecule has 14 heavy (non-hydrogen) atoms. The highest BCUT2D eigenvalue weighted by atomic mass is 16.4. The van der Waals surface area contributed by atoms with Gasteiger partial charge in [0.1, 0.15) is 12.0 Å². The lowest BCUT2D eigenvalue weighted by atomic mass is 10.3. The Morgan fingerprint density at radius 1 is 1.43 bits per heavy atom. The van der Waals surface area contributed by atoms with Gasteiger partial charge >= 0.3 is 0 Å². The van der Waals surface area contributed by atoms with Crippen LogP contribution in [0.5, 0.6) is 0 Å². The van der Waals surface area contributed by atoms with E-state index in [2.05, 4.69) is 15.5 Å². The van der Waals surface area contributed by atoms with Gasteiger partial charge in [0.2, 0.25) is 5.89 Å². The standard InChI is InChI=1S/C9H11N3O2/c1-6-3-7(5-13-6)9-12-11-8(14-9)4-10-2/h3,5,10H,4H2,1-2H3. The van der Waals surface area contributed by atoms with Crippen LogP contribution < -0.4 is 5.32 Å². The molecule has 0 aliphatic heterocycles. The van der Waals surface area contributed by atoms with Crippen LogP contribution in [-0.2, 0) is 6.54 Å². The highest BCUT2D eigenvalue weighted by Gasteiger charge is 2.09. The fourth-order valence-corrected chi connectivity index (χ4v) is 1.15. The number of aryl methyl sites for hydroxylation is 1. The van der Waals surface area contributed by atoms with Crippen LogP contribution in [0.4, 0.5) is 0 Å². The minimum Gasteiger partial charge on any atom is -0.469 e. The fraction of sp³-hybridized carbons (Fsp3) is 0.333. The van der Waals surface area contributed by atoms with Crippen LogP contribution in [-0.4, -0.2) is 17.2 Å². The summed E-state index contributed by atoms with van der Waals surface area (Å²) in [5.41, 5.74) is 0.817. The predicted molar refractivity (Wildman–Crippen MR) is 49.5 cm³/mol. The monoisotopic (exact) mass is 193 g/mol. The number of hydrogen-bond donors (Lipinski definition) is 1. The maximum Gasteiger partial charge on any atom is 0.251 e. The molecule has 74 valence electrons. The number of rotatable bonds is 3. The summed E-state index contributed by atoms with van der Waals surface area (Å²) in [5, 5.41) is 10.7. The van der Waals surface area contributed by atoms with Crippen molar-refractivity contribution in [1.29, 1.82) is 0 Å². The summed E-state index contributed by atoms with van der Waals surface area (Å²) in [6.07, 6.45) is 1.60. The van der Waals surface area contributed by atoms with Gasteiger partial charge < -0.3 is 14.2 Å². The largest absolute Gasteiger partial charge is 0.469 e. The molecule has 5 nitrogen and oxygen atoms in total. The predicted octanol–water partition coefficient (Wildman–Crippen LogP) is 1.36. The summed E-state index contributed by atoms with van der Waals surface area (Å²) in [7, 11) is 1.83. The van der Waals surface area contributed by atoms with E-state index in [1.54, 1.807) is 6.26 Å². The van der Waals surface area contributed by atoms with Crippen molar-refractivity contribution in [2.45, 2.75) is 13.5 Å². The summed E-state index contributed by atoms with van der Waals surface area (Å²) in [6.45, 7) is 2.44. The van der Waals surface area contributed by atoms with Crippen LogP contribution >= 0.6 is 0 Å². The Labute approximate surface area is 81.1 Å². The van der Waals surface area contributed by atoms with Crippen molar-refractivity contribution in [3.63, 3.8) is 0 Å². The molecule has 0 saturated heterocycles. The molecule has 1 N–H and O–H groups in total. The fourth-order valence-electron chi connectivity index (χ4n) is 1.15. The second kappa shape index (κ2) is 3.63. The van der Waals surface area contributed by atoms with E-state index in [1.165, 1.54) is 0 Å². The van der Waals surface area contributed by atoms with Crippen molar-refractivity contribution in [1.82, 2.24) is 15.5 Å². The summed E-state index contributed by atoms with van der Waals surface area (Å²) < 4.78 is 10.5. The molecule has 0 saturated carbocycles. The van der Waals surface area contributed by atoms with Gasteiger partial charge in [0, 0.05) is 0 Å². The molecule has 0 fully saturated rings. The van der Waals surface area contributed by atoms with Crippen molar-refractivity contribution >= 4 is 0 Å². The van der Waals surface area contributed by atoms with Crippen molar-refractivity contribution in [3.8, 4) is 11.5 Å². The van der Waals surface area contributed by atoms with Crippen molar-refractivity contribution < 1.29 is 8.83 Å². The molecule has 5 heteroatoms. The van der Waals surface area contributed by atoms with Gasteiger partial charge in [-0.25, -0.2) is 0 Å². The maximum absolute atomic E-state index is 5.38. The van der Waals surface area contributed by atoms with Crippen LogP contribution in [0.2, 0.25) is 0 Å². The molecular formula is C9H11N3O2. The summed E-state index contributed by atoms with van der Waals surface area (Å²) in [6, 6.07) is 1.86. The number of furan rings is 1. The van der Waals surface area contributed by atoms with Gasteiger partial charge in [-0.2, -0.15) is 0 Å².